The Balaban J connectivity index is 2.02. The smallest absolute Gasteiger partial charge is 0.171 e. The van der Waals surface area contributed by atoms with Crippen LogP contribution in [0.2, 0.25) is 0 Å². The van der Waals surface area contributed by atoms with Gasteiger partial charge >= 0.3 is 0 Å². The van der Waals surface area contributed by atoms with Crippen molar-refractivity contribution in [1.29, 1.82) is 0 Å². The molecule has 0 aliphatic carbocycles. The third kappa shape index (κ3) is 1.54. The number of hydrogen-bond donors (Lipinski definition) is 0. The van der Waals surface area contributed by atoms with E-state index in [1.165, 1.54) is 0 Å². The number of aromatic nitrogens is 2. The molecule has 1 aliphatic heterocycles. The van der Waals surface area contributed by atoms with Crippen molar-refractivity contribution in [2.75, 3.05) is 7.11 Å². The third-order valence-electron chi connectivity index (χ3n) is 3.49. The summed E-state index contributed by atoms with van der Waals surface area (Å²) >= 11 is 0. The highest BCUT2D eigenvalue weighted by Crippen LogP contribution is 2.42. The molecule has 0 unspecified atom stereocenters. The van der Waals surface area contributed by atoms with E-state index in [9.17, 15) is 0 Å². The van der Waals surface area contributed by atoms with Crippen LogP contribution in [-0.4, -0.2) is 17.1 Å². The standard InChI is InChI=1S/C16H12N2O2/c1-19-14-6-2-4-11-15-10(9-20-16(11)14)8-13-12(18-15)5-3-7-17-13/h2-8H,9H2,1H3. The van der Waals surface area contributed by atoms with Gasteiger partial charge in [0.15, 0.2) is 11.5 Å². The van der Waals surface area contributed by atoms with Crippen LogP contribution in [0, 0.1) is 0 Å². The van der Waals surface area contributed by atoms with Crippen molar-refractivity contribution < 1.29 is 9.47 Å². The lowest BCUT2D eigenvalue weighted by molar-refractivity contribution is 0.280. The quantitative estimate of drug-likeness (QED) is 0.677. The minimum Gasteiger partial charge on any atom is -0.493 e. The van der Waals surface area contributed by atoms with Crippen molar-refractivity contribution in [3.8, 4) is 22.8 Å². The molecule has 0 spiro atoms. The molecular formula is C16H12N2O2. The van der Waals surface area contributed by atoms with E-state index < -0.39 is 0 Å². The first kappa shape index (κ1) is 11.2. The van der Waals surface area contributed by atoms with E-state index >= 15 is 0 Å². The van der Waals surface area contributed by atoms with Gasteiger partial charge in [-0.1, -0.05) is 6.07 Å². The molecule has 0 bridgehead atoms. The number of hydrogen-bond acceptors (Lipinski definition) is 4. The molecule has 0 N–H and O–H groups in total. The Bertz CT molecular complexity index is 815. The lowest BCUT2D eigenvalue weighted by Crippen LogP contribution is -2.08. The van der Waals surface area contributed by atoms with E-state index in [1.807, 2.05) is 36.4 Å². The lowest BCUT2D eigenvalue weighted by Gasteiger charge is -2.21. The normalized spacial score (nSPS) is 12.4. The van der Waals surface area contributed by atoms with Crippen LogP contribution < -0.4 is 9.47 Å². The first-order chi connectivity index (χ1) is 9.86. The zero-order valence-electron chi connectivity index (χ0n) is 11.0. The summed E-state index contributed by atoms with van der Waals surface area (Å²) in [6, 6.07) is 11.8. The van der Waals surface area contributed by atoms with Gasteiger partial charge in [0, 0.05) is 17.3 Å². The molecule has 20 heavy (non-hydrogen) atoms. The molecule has 3 aromatic rings. The minimum atomic E-state index is 0.488. The molecule has 0 saturated heterocycles. The van der Waals surface area contributed by atoms with Crippen LogP contribution in [0.1, 0.15) is 5.56 Å². The van der Waals surface area contributed by atoms with Crippen molar-refractivity contribution in [3.63, 3.8) is 0 Å². The van der Waals surface area contributed by atoms with Gasteiger partial charge in [0.25, 0.3) is 0 Å². The Morgan fingerprint density at radius 1 is 1.15 bits per heavy atom. The van der Waals surface area contributed by atoms with Crippen LogP contribution in [0.15, 0.2) is 42.6 Å². The SMILES string of the molecule is COc1cccc2c1OCc1cc3ncccc3nc1-2. The number of benzene rings is 1. The summed E-state index contributed by atoms with van der Waals surface area (Å²) in [5, 5.41) is 0. The average molecular weight is 264 g/mol. The van der Waals surface area contributed by atoms with E-state index in [1.54, 1.807) is 13.3 Å². The van der Waals surface area contributed by atoms with Crippen molar-refractivity contribution in [1.82, 2.24) is 9.97 Å². The van der Waals surface area contributed by atoms with Gasteiger partial charge in [-0.2, -0.15) is 0 Å². The third-order valence-corrected chi connectivity index (χ3v) is 3.49. The molecule has 4 nitrogen and oxygen atoms in total. The van der Waals surface area contributed by atoms with E-state index in [0.717, 1.165) is 39.4 Å². The molecule has 0 fully saturated rings. The molecular weight excluding hydrogens is 252 g/mol. The van der Waals surface area contributed by atoms with Gasteiger partial charge < -0.3 is 9.47 Å². The molecule has 4 heteroatoms. The molecule has 98 valence electrons. The van der Waals surface area contributed by atoms with Crippen molar-refractivity contribution >= 4 is 11.0 Å². The molecule has 0 atom stereocenters. The summed E-state index contributed by atoms with van der Waals surface area (Å²) in [6.07, 6.45) is 1.77. The molecule has 1 aromatic carbocycles. The van der Waals surface area contributed by atoms with Gasteiger partial charge in [-0.3, -0.25) is 4.98 Å². The molecule has 4 rings (SSSR count). The Morgan fingerprint density at radius 3 is 3.00 bits per heavy atom. The summed E-state index contributed by atoms with van der Waals surface area (Å²) in [7, 11) is 1.65. The fraction of sp³-hybridized carbons (Fsp3) is 0.125. The average Bonchev–Trinajstić information content (AvgIpc) is 2.52. The molecule has 0 amide bonds. The first-order valence-electron chi connectivity index (χ1n) is 6.41. The summed E-state index contributed by atoms with van der Waals surface area (Å²) in [6.45, 7) is 0.488. The monoisotopic (exact) mass is 264 g/mol. The highest BCUT2D eigenvalue weighted by atomic mass is 16.5. The molecule has 2 aromatic heterocycles. The van der Waals surface area contributed by atoms with Crippen LogP contribution in [-0.2, 0) is 6.61 Å². The van der Waals surface area contributed by atoms with E-state index in [0.29, 0.717) is 6.61 Å². The van der Waals surface area contributed by atoms with Gasteiger partial charge in [0.2, 0.25) is 0 Å². The van der Waals surface area contributed by atoms with E-state index in [-0.39, 0.29) is 0 Å². The van der Waals surface area contributed by atoms with Gasteiger partial charge in [-0.05, 0) is 30.3 Å². The second-order valence-corrected chi connectivity index (χ2v) is 4.66. The number of fused-ring (bicyclic) bond motifs is 4. The van der Waals surface area contributed by atoms with Gasteiger partial charge in [0.1, 0.15) is 6.61 Å². The Labute approximate surface area is 116 Å². The maximum absolute atomic E-state index is 5.83. The molecule has 0 radical (unpaired) electrons. The fourth-order valence-corrected chi connectivity index (χ4v) is 2.55. The highest BCUT2D eigenvalue weighted by Gasteiger charge is 2.22. The van der Waals surface area contributed by atoms with Crippen molar-refractivity contribution in [2.45, 2.75) is 6.61 Å². The predicted molar refractivity (Wildman–Crippen MR) is 75.9 cm³/mol. The molecule has 0 saturated carbocycles. The van der Waals surface area contributed by atoms with Crippen LogP contribution >= 0.6 is 0 Å². The predicted octanol–water partition coefficient (Wildman–Crippen LogP) is 3.20. The van der Waals surface area contributed by atoms with Crippen LogP contribution in [0.4, 0.5) is 0 Å². The summed E-state index contributed by atoms with van der Waals surface area (Å²) in [4.78, 5) is 9.07. The number of ether oxygens (including phenoxy) is 2. The number of methoxy groups -OCH3 is 1. The number of pyridine rings is 2. The van der Waals surface area contributed by atoms with Gasteiger partial charge in [-0.25, -0.2) is 4.98 Å². The lowest BCUT2D eigenvalue weighted by atomic mass is 10.0. The summed E-state index contributed by atoms with van der Waals surface area (Å²) in [5.41, 5.74) is 4.75. The van der Waals surface area contributed by atoms with Crippen LogP contribution in [0.5, 0.6) is 11.5 Å². The fourth-order valence-electron chi connectivity index (χ4n) is 2.55. The topological polar surface area (TPSA) is 44.2 Å². The summed E-state index contributed by atoms with van der Waals surface area (Å²) in [5.74, 6) is 1.50. The summed E-state index contributed by atoms with van der Waals surface area (Å²) < 4.78 is 11.2. The second kappa shape index (κ2) is 4.20. The van der Waals surface area contributed by atoms with Crippen molar-refractivity contribution in [3.05, 3.63) is 48.2 Å². The zero-order valence-corrected chi connectivity index (χ0v) is 11.0. The Kier molecular flexibility index (Phi) is 2.36. The first-order valence-corrected chi connectivity index (χ1v) is 6.41. The maximum atomic E-state index is 5.83. The zero-order chi connectivity index (χ0) is 13.5. The number of para-hydroxylation sites is 1. The Morgan fingerprint density at radius 2 is 2.10 bits per heavy atom. The van der Waals surface area contributed by atoms with Crippen LogP contribution in [0.3, 0.4) is 0 Å². The largest absolute Gasteiger partial charge is 0.493 e. The van der Waals surface area contributed by atoms with Gasteiger partial charge in [-0.15, -0.1) is 0 Å². The number of rotatable bonds is 1. The van der Waals surface area contributed by atoms with Crippen molar-refractivity contribution in [2.24, 2.45) is 0 Å². The van der Waals surface area contributed by atoms with Crippen LogP contribution in [0.25, 0.3) is 22.3 Å². The van der Waals surface area contributed by atoms with E-state index in [2.05, 4.69) is 4.98 Å². The van der Waals surface area contributed by atoms with E-state index in [4.69, 9.17) is 14.5 Å². The van der Waals surface area contributed by atoms with Gasteiger partial charge in [0.05, 0.1) is 23.8 Å². The second-order valence-electron chi connectivity index (χ2n) is 4.66. The number of nitrogens with zero attached hydrogens (tertiary/aromatic N) is 2. The Hall–Kier alpha value is -2.62. The minimum absolute atomic E-state index is 0.488. The maximum Gasteiger partial charge on any atom is 0.171 e. The molecule has 1 aliphatic rings. The highest BCUT2D eigenvalue weighted by molar-refractivity contribution is 5.83. The molecule has 3 heterocycles.